The minimum atomic E-state index is -0.145. The number of hydrogen-bond acceptors (Lipinski definition) is 4. The lowest BCUT2D eigenvalue weighted by Gasteiger charge is -2.43. The number of pyridine rings is 1. The van der Waals surface area contributed by atoms with Crippen LogP contribution in [0.1, 0.15) is 23.2 Å². The zero-order chi connectivity index (χ0) is 13.4. The molecule has 2 aliphatic heterocycles. The zero-order valence-electron chi connectivity index (χ0n) is 10.3. The van der Waals surface area contributed by atoms with Crippen LogP contribution in [0, 0.1) is 0 Å². The van der Waals surface area contributed by atoms with E-state index in [0.717, 1.165) is 0 Å². The van der Waals surface area contributed by atoms with E-state index < -0.39 is 0 Å². The van der Waals surface area contributed by atoms with Gasteiger partial charge in [0.25, 0.3) is 5.91 Å². The van der Waals surface area contributed by atoms with E-state index >= 15 is 0 Å². The molecule has 0 radical (unpaired) electrons. The molecule has 0 aliphatic carbocycles. The minimum absolute atomic E-state index is 0.0854. The molecule has 0 N–H and O–H groups in total. The summed E-state index contributed by atoms with van der Waals surface area (Å²) >= 11 is 0. The molecule has 0 unspecified atom stereocenters. The van der Waals surface area contributed by atoms with Crippen LogP contribution in [-0.4, -0.2) is 51.6 Å². The summed E-state index contributed by atoms with van der Waals surface area (Å²) < 4.78 is 0. The third-order valence-corrected chi connectivity index (χ3v) is 3.53. The third-order valence-electron chi connectivity index (χ3n) is 3.53. The number of hydrogen-bond donors (Lipinski definition) is 0. The molecule has 98 valence electrons. The average molecular weight is 259 g/mol. The first-order valence-electron chi connectivity index (χ1n) is 6.21. The molecular formula is C13H13N3O3. The van der Waals surface area contributed by atoms with Crippen molar-refractivity contribution in [2.45, 2.75) is 18.9 Å². The average Bonchev–Trinajstić information content (AvgIpc) is 2.70. The number of imide groups is 1. The fraction of sp³-hybridized carbons (Fsp3) is 0.385. The minimum Gasteiger partial charge on any atom is -0.334 e. The standard InChI is InChI=1S/C13H13N3O3/c17-11-1-2-12(18)16(11)10-7-15(8-10)13(19)9-3-5-14-6-4-9/h3-6,10H,1-2,7-8H2. The van der Waals surface area contributed by atoms with Crippen LogP contribution in [0.2, 0.25) is 0 Å². The maximum Gasteiger partial charge on any atom is 0.254 e. The number of nitrogens with zero attached hydrogens (tertiary/aromatic N) is 3. The molecule has 6 heteroatoms. The smallest absolute Gasteiger partial charge is 0.254 e. The van der Waals surface area contributed by atoms with Crippen LogP contribution in [0.4, 0.5) is 0 Å². The summed E-state index contributed by atoms with van der Waals surface area (Å²) in [5.41, 5.74) is 0.576. The quantitative estimate of drug-likeness (QED) is 0.704. The summed E-state index contributed by atoms with van der Waals surface area (Å²) in [4.78, 5) is 42.0. The van der Waals surface area contributed by atoms with Gasteiger partial charge >= 0.3 is 0 Å². The lowest BCUT2D eigenvalue weighted by atomic mass is 10.1. The normalized spacial score (nSPS) is 19.8. The van der Waals surface area contributed by atoms with Gasteiger partial charge < -0.3 is 4.90 Å². The predicted octanol–water partition coefficient (Wildman–Crippen LogP) is 0.0550. The van der Waals surface area contributed by atoms with Crippen LogP contribution in [0.15, 0.2) is 24.5 Å². The molecule has 0 aromatic carbocycles. The van der Waals surface area contributed by atoms with Crippen molar-refractivity contribution in [3.05, 3.63) is 30.1 Å². The van der Waals surface area contributed by atoms with Crippen molar-refractivity contribution in [1.82, 2.24) is 14.8 Å². The Bertz CT molecular complexity index is 521. The lowest BCUT2D eigenvalue weighted by Crippen LogP contribution is -2.62. The van der Waals surface area contributed by atoms with Crippen LogP contribution in [0.25, 0.3) is 0 Å². The summed E-state index contributed by atoms with van der Waals surface area (Å²) in [5.74, 6) is -0.324. The van der Waals surface area contributed by atoms with Crippen molar-refractivity contribution >= 4 is 17.7 Å². The van der Waals surface area contributed by atoms with E-state index in [4.69, 9.17) is 0 Å². The molecule has 0 spiro atoms. The fourth-order valence-corrected chi connectivity index (χ4v) is 2.46. The second-order valence-electron chi connectivity index (χ2n) is 4.76. The maximum absolute atomic E-state index is 12.1. The Morgan fingerprint density at radius 2 is 1.68 bits per heavy atom. The molecule has 0 saturated carbocycles. The molecule has 0 bridgehead atoms. The van der Waals surface area contributed by atoms with Gasteiger partial charge in [0.2, 0.25) is 11.8 Å². The Balaban J connectivity index is 1.63. The van der Waals surface area contributed by atoms with Gasteiger partial charge in [0.05, 0.1) is 6.04 Å². The summed E-state index contributed by atoms with van der Waals surface area (Å²) in [6, 6.07) is 3.16. The Morgan fingerprint density at radius 1 is 1.11 bits per heavy atom. The van der Waals surface area contributed by atoms with Gasteiger partial charge in [0.1, 0.15) is 0 Å². The first-order chi connectivity index (χ1) is 9.16. The van der Waals surface area contributed by atoms with Gasteiger partial charge in [-0.15, -0.1) is 0 Å². The molecule has 2 aliphatic rings. The van der Waals surface area contributed by atoms with E-state index in [2.05, 4.69) is 4.98 Å². The third kappa shape index (κ3) is 1.99. The molecule has 19 heavy (non-hydrogen) atoms. The molecular weight excluding hydrogens is 246 g/mol. The van der Waals surface area contributed by atoms with E-state index in [1.54, 1.807) is 29.4 Å². The van der Waals surface area contributed by atoms with Crippen LogP contribution in [-0.2, 0) is 9.59 Å². The van der Waals surface area contributed by atoms with Crippen molar-refractivity contribution in [1.29, 1.82) is 0 Å². The molecule has 1 aromatic heterocycles. The first kappa shape index (κ1) is 11.8. The van der Waals surface area contributed by atoms with Gasteiger partial charge in [-0.1, -0.05) is 0 Å². The first-order valence-corrected chi connectivity index (χ1v) is 6.21. The number of rotatable bonds is 2. The fourth-order valence-electron chi connectivity index (χ4n) is 2.46. The van der Waals surface area contributed by atoms with Crippen LogP contribution >= 0.6 is 0 Å². The molecule has 1 aromatic rings. The highest BCUT2D eigenvalue weighted by atomic mass is 16.2. The molecule has 2 saturated heterocycles. The summed E-state index contributed by atoms with van der Waals surface area (Å²) in [6.45, 7) is 0.858. The highest BCUT2D eigenvalue weighted by Crippen LogP contribution is 2.23. The second kappa shape index (κ2) is 4.46. The van der Waals surface area contributed by atoms with Crippen LogP contribution in [0.3, 0.4) is 0 Å². The Morgan fingerprint density at radius 3 is 2.26 bits per heavy atom. The largest absolute Gasteiger partial charge is 0.334 e. The number of carbonyl (C=O) groups excluding carboxylic acids is 3. The molecule has 3 heterocycles. The summed E-state index contributed by atoms with van der Waals surface area (Å²) in [6.07, 6.45) is 3.73. The van der Waals surface area contributed by atoms with E-state index in [0.29, 0.717) is 31.5 Å². The number of likely N-dealkylation sites (tertiary alicyclic amines) is 2. The topological polar surface area (TPSA) is 70.6 Å². The lowest BCUT2D eigenvalue weighted by molar-refractivity contribution is -0.144. The Kier molecular flexibility index (Phi) is 2.77. The van der Waals surface area contributed by atoms with Crippen LogP contribution < -0.4 is 0 Å². The van der Waals surface area contributed by atoms with Crippen molar-refractivity contribution in [3.63, 3.8) is 0 Å². The highest BCUT2D eigenvalue weighted by Gasteiger charge is 2.42. The number of aromatic nitrogens is 1. The highest BCUT2D eigenvalue weighted by molar-refractivity contribution is 6.03. The Labute approximate surface area is 110 Å². The van der Waals surface area contributed by atoms with Gasteiger partial charge in [-0.3, -0.25) is 24.3 Å². The molecule has 3 rings (SSSR count). The number of carbonyl (C=O) groups is 3. The van der Waals surface area contributed by atoms with Gasteiger partial charge in [0, 0.05) is 43.9 Å². The molecule has 6 nitrogen and oxygen atoms in total. The van der Waals surface area contributed by atoms with Crippen molar-refractivity contribution in [2.24, 2.45) is 0 Å². The van der Waals surface area contributed by atoms with Crippen molar-refractivity contribution < 1.29 is 14.4 Å². The number of amides is 3. The van der Waals surface area contributed by atoms with Gasteiger partial charge in [-0.25, -0.2) is 0 Å². The molecule has 3 amide bonds. The molecule has 0 atom stereocenters. The SMILES string of the molecule is O=C(c1ccncc1)N1CC(N2C(=O)CCC2=O)C1. The van der Waals surface area contributed by atoms with E-state index in [9.17, 15) is 14.4 Å². The van der Waals surface area contributed by atoms with E-state index in [1.165, 1.54) is 4.90 Å². The molecule has 2 fully saturated rings. The summed E-state index contributed by atoms with van der Waals surface area (Å²) in [5, 5.41) is 0. The van der Waals surface area contributed by atoms with Gasteiger partial charge in [-0.2, -0.15) is 0 Å². The second-order valence-corrected chi connectivity index (χ2v) is 4.76. The predicted molar refractivity (Wildman–Crippen MR) is 65.0 cm³/mol. The zero-order valence-corrected chi connectivity index (χ0v) is 10.3. The van der Waals surface area contributed by atoms with Crippen molar-refractivity contribution in [3.8, 4) is 0 Å². The Hall–Kier alpha value is -2.24. The van der Waals surface area contributed by atoms with Gasteiger partial charge in [0.15, 0.2) is 0 Å². The van der Waals surface area contributed by atoms with Gasteiger partial charge in [-0.05, 0) is 12.1 Å². The van der Waals surface area contributed by atoms with Crippen LogP contribution in [0.5, 0.6) is 0 Å². The van der Waals surface area contributed by atoms with E-state index in [-0.39, 0.29) is 23.8 Å². The maximum atomic E-state index is 12.1. The van der Waals surface area contributed by atoms with E-state index in [1.807, 2.05) is 0 Å². The monoisotopic (exact) mass is 259 g/mol. The summed E-state index contributed by atoms with van der Waals surface area (Å²) in [7, 11) is 0. The van der Waals surface area contributed by atoms with Crippen molar-refractivity contribution in [2.75, 3.05) is 13.1 Å².